The van der Waals surface area contributed by atoms with Crippen LogP contribution in [0.4, 0.5) is 17.1 Å². The first-order chi connectivity index (χ1) is 28.7. The van der Waals surface area contributed by atoms with Gasteiger partial charge in [0.1, 0.15) is 0 Å². The maximum Gasteiger partial charge on any atom is 0.0462 e. The van der Waals surface area contributed by atoms with Crippen molar-refractivity contribution < 1.29 is 0 Å². The zero-order valence-electron chi connectivity index (χ0n) is 31.9. The van der Waals surface area contributed by atoms with E-state index in [0.29, 0.717) is 5.92 Å². The third kappa shape index (κ3) is 5.64. The van der Waals surface area contributed by atoms with Crippen molar-refractivity contribution in [2.24, 2.45) is 11.8 Å². The third-order valence-electron chi connectivity index (χ3n) is 12.8. The van der Waals surface area contributed by atoms with Crippen molar-refractivity contribution >= 4 is 80.1 Å². The second kappa shape index (κ2) is 13.7. The van der Waals surface area contributed by atoms with Gasteiger partial charge in [0.2, 0.25) is 0 Å². The zero-order valence-corrected chi connectivity index (χ0v) is 33.5. The van der Waals surface area contributed by atoms with Crippen LogP contribution < -0.4 is 4.90 Å². The van der Waals surface area contributed by atoms with Crippen molar-refractivity contribution in [1.82, 2.24) is 0 Å². The number of rotatable bonds is 7. The maximum atomic E-state index is 2.45. The molecule has 3 unspecified atom stereocenters. The molecular weight excluding hydrogens is 739 g/mol. The predicted molar refractivity (Wildman–Crippen MR) is 251 cm³/mol. The second-order valence-corrected chi connectivity index (χ2v) is 18.2. The van der Waals surface area contributed by atoms with E-state index in [2.05, 4.69) is 199 Å². The lowest BCUT2D eigenvalue weighted by Gasteiger charge is -2.26. The molecule has 0 saturated heterocycles. The van der Waals surface area contributed by atoms with Crippen LogP contribution in [0.25, 0.3) is 73.7 Å². The van der Waals surface area contributed by atoms with Gasteiger partial charge in [-0.05, 0) is 118 Å². The van der Waals surface area contributed by atoms with Gasteiger partial charge in [-0.15, -0.1) is 22.7 Å². The molecule has 2 aliphatic rings. The van der Waals surface area contributed by atoms with Crippen LogP contribution in [-0.2, 0) is 0 Å². The van der Waals surface area contributed by atoms with E-state index in [4.69, 9.17) is 0 Å². The molecular formula is C55H39NS2. The molecule has 2 bridgehead atoms. The van der Waals surface area contributed by atoms with Crippen LogP contribution in [0.2, 0.25) is 0 Å². The molecule has 0 radical (unpaired) electrons. The highest BCUT2D eigenvalue weighted by atomic mass is 32.1. The predicted octanol–water partition coefficient (Wildman–Crippen LogP) is 16.6. The normalized spacial score (nSPS) is 17.3. The molecule has 1 nitrogen and oxygen atoms in total. The fraction of sp³-hybridized carbons (Fsp3) is 0.0909. The second-order valence-electron chi connectivity index (χ2n) is 16.0. The molecule has 0 N–H and O–H groups in total. The van der Waals surface area contributed by atoms with Gasteiger partial charge in [-0.3, -0.25) is 0 Å². The van der Waals surface area contributed by atoms with E-state index in [1.54, 1.807) is 0 Å². The average molecular weight is 778 g/mol. The van der Waals surface area contributed by atoms with Gasteiger partial charge >= 0.3 is 0 Å². The number of allylic oxidation sites excluding steroid dienone is 2. The Morgan fingerprint density at radius 2 is 0.828 bits per heavy atom. The molecule has 0 amide bonds. The molecule has 12 rings (SSSR count). The summed E-state index contributed by atoms with van der Waals surface area (Å²) in [4.78, 5) is 2.39. The number of benzene rings is 8. The van der Waals surface area contributed by atoms with Gasteiger partial charge in [-0.1, -0.05) is 146 Å². The van der Waals surface area contributed by atoms with Crippen molar-refractivity contribution in [3.63, 3.8) is 0 Å². The molecule has 1 fully saturated rings. The van der Waals surface area contributed by atoms with E-state index in [9.17, 15) is 0 Å². The molecule has 10 aromatic rings. The summed E-state index contributed by atoms with van der Waals surface area (Å²) in [6.07, 6.45) is 7.52. The molecule has 2 heterocycles. The first-order valence-electron chi connectivity index (χ1n) is 20.4. The van der Waals surface area contributed by atoms with Crippen LogP contribution in [-0.4, -0.2) is 0 Å². The van der Waals surface area contributed by atoms with Gasteiger partial charge in [0, 0.05) is 57.4 Å². The van der Waals surface area contributed by atoms with Crippen molar-refractivity contribution in [2.45, 2.75) is 18.8 Å². The number of nitrogens with zero attached hydrogens (tertiary/aromatic N) is 1. The summed E-state index contributed by atoms with van der Waals surface area (Å²) >= 11 is 3.77. The fourth-order valence-corrected chi connectivity index (χ4v) is 12.3. The van der Waals surface area contributed by atoms with Gasteiger partial charge in [0.25, 0.3) is 0 Å². The lowest BCUT2D eigenvalue weighted by Crippen LogP contribution is -2.09. The van der Waals surface area contributed by atoms with E-state index < -0.39 is 0 Å². The summed E-state index contributed by atoms with van der Waals surface area (Å²) in [5.41, 5.74) is 12.4. The topological polar surface area (TPSA) is 3.24 Å². The Bertz CT molecular complexity index is 3010. The Labute approximate surface area is 346 Å². The van der Waals surface area contributed by atoms with Crippen LogP contribution in [0.1, 0.15) is 24.3 Å². The fourth-order valence-electron chi connectivity index (χ4n) is 9.87. The van der Waals surface area contributed by atoms with Gasteiger partial charge < -0.3 is 4.90 Å². The molecule has 3 atom stereocenters. The number of anilines is 3. The molecule has 58 heavy (non-hydrogen) atoms. The quantitative estimate of drug-likeness (QED) is 0.146. The maximum absolute atomic E-state index is 2.45. The Morgan fingerprint density at radius 1 is 0.379 bits per heavy atom. The Hall–Kier alpha value is -6.26. The van der Waals surface area contributed by atoms with Crippen molar-refractivity contribution in [3.8, 4) is 33.4 Å². The Kier molecular flexibility index (Phi) is 7.99. The number of fused-ring (bicyclic) bond motifs is 8. The number of hydrogen-bond acceptors (Lipinski definition) is 3. The van der Waals surface area contributed by atoms with E-state index >= 15 is 0 Å². The number of thiophene rings is 2. The Morgan fingerprint density at radius 3 is 1.29 bits per heavy atom. The van der Waals surface area contributed by atoms with Crippen molar-refractivity contribution in [2.75, 3.05) is 4.90 Å². The van der Waals surface area contributed by atoms with Gasteiger partial charge in [-0.25, -0.2) is 0 Å². The van der Waals surface area contributed by atoms with Crippen LogP contribution in [0.3, 0.4) is 0 Å². The molecule has 276 valence electrons. The minimum atomic E-state index is 0.675. The van der Waals surface area contributed by atoms with Crippen molar-refractivity contribution in [1.29, 1.82) is 0 Å². The van der Waals surface area contributed by atoms with E-state index in [1.165, 1.54) is 92.1 Å². The minimum Gasteiger partial charge on any atom is -0.311 e. The monoisotopic (exact) mass is 777 g/mol. The minimum absolute atomic E-state index is 0.675. The lowest BCUT2D eigenvalue weighted by molar-refractivity contribution is 0.586. The molecule has 2 aliphatic carbocycles. The van der Waals surface area contributed by atoms with Crippen LogP contribution in [0.5, 0.6) is 0 Å². The first kappa shape index (κ1) is 33.8. The third-order valence-corrected chi connectivity index (χ3v) is 15.2. The summed E-state index contributed by atoms with van der Waals surface area (Å²) < 4.78 is 5.34. The summed E-state index contributed by atoms with van der Waals surface area (Å²) in [7, 11) is 0. The molecule has 0 aliphatic heterocycles. The first-order valence-corrected chi connectivity index (χ1v) is 22.1. The summed E-state index contributed by atoms with van der Waals surface area (Å²) in [6.45, 7) is 0. The molecule has 0 spiro atoms. The smallest absolute Gasteiger partial charge is 0.0462 e. The van der Waals surface area contributed by atoms with E-state index in [0.717, 1.165) is 28.9 Å². The van der Waals surface area contributed by atoms with Gasteiger partial charge in [-0.2, -0.15) is 0 Å². The van der Waals surface area contributed by atoms with Crippen LogP contribution in [0.15, 0.2) is 194 Å². The SMILES string of the molecule is C1=CC2CC1CC2c1ccc(-c2ccc(N(c3ccc(-c4cccc5c4sc4ccccc45)cc3)c3ccc(-c4cccc5c4sc4ccccc45)cc3)cc2)cc1. The van der Waals surface area contributed by atoms with Crippen LogP contribution >= 0.6 is 22.7 Å². The standard InChI is InChI=1S/C55H39NS2/c1-3-13-52-47(7-1)49-11-5-9-45(54(49)57-52)38-23-29-43(30-24-38)56(42-27-21-37(22-28-42)36-17-19-40(20-18-36)51-34-35-15-16-41(51)33-35)44-31-25-39(26-32-44)46-10-6-12-50-48-8-2-4-14-53(48)58-55(46)50/h1-32,35,41,51H,33-34H2. The Balaban J connectivity index is 0.909. The molecule has 2 aromatic heterocycles. The van der Waals surface area contributed by atoms with Crippen LogP contribution in [0, 0.1) is 11.8 Å². The lowest BCUT2D eigenvalue weighted by atomic mass is 9.86. The summed E-state index contributed by atoms with van der Waals surface area (Å²) in [5.74, 6) is 2.18. The molecule has 3 heteroatoms. The average Bonchev–Trinajstić information content (AvgIpc) is 4.10. The van der Waals surface area contributed by atoms with Gasteiger partial charge in [0.05, 0.1) is 0 Å². The van der Waals surface area contributed by atoms with Gasteiger partial charge in [0.15, 0.2) is 0 Å². The van der Waals surface area contributed by atoms with E-state index in [1.807, 2.05) is 22.7 Å². The molecule has 1 saturated carbocycles. The van der Waals surface area contributed by atoms with Crippen molar-refractivity contribution in [3.05, 3.63) is 200 Å². The highest BCUT2D eigenvalue weighted by Crippen LogP contribution is 2.49. The van der Waals surface area contributed by atoms with E-state index in [-0.39, 0.29) is 0 Å². The highest BCUT2D eigenvalue weighted by Gasteiger charge is 2.36. The largest absolute Gasteiger partial charge is 0.311 e. The summed E-state index contributed by atoms with van der Waals surface area (Å²) in [5, 5.41) is 5.31. The number of hydrogen-bond donors (Lipinski definition) is 0. The summed E-state index contributed by atoms with van der Waals surface area (Å²) in [6, 6.07) is 67.7. The highest BCUT2D eigenvalue weighted by molar-refractivity contribution is 7.26. The zero-order chi connectivity index (χ0) is 38.2. The molecule has 8 aromatic carbocycles.